The summed E-state index contributed by atoms with van der Waals surface area (Å²) in [5, 5.41) is 3.95. The highest BCUT2D eigenvalue weighted by atomic mass is 32.1. The lowest BCUT2D eigenvalue weighted by molar-refractivity contribution is -0.131. The number of hydrogen-bond acceptors (Lipinski definition) is 5. The zero-order chi connectivity index (χ0) is 17.6. The first-order valence-corrected chi connectivity index (χ1v) is 8.73. The molecular weight excluding hydrogens is 324 g/mol. The second-order valence-electron chi connectivity index (χ2n) is 6.29. The second kappa shape index (κ2) is 6.05. The van der Waals surface area contributed by atoms with E-state index in [0.29, 0.717) is 12.3 Å². The standard InChI is InChI=1S/C17H22N4O2S/c1-9-7-21-14(11(3)18-17(21)24-9)8-20(6)16(22)10(2)15-12(4)19-23-13(15)5/h7,10H,8H2,1-6H3/t10-/m0/s1. The van der Waals surface area contributed by atoms with Crippen LogP contribution < -0.4 is 0 Å². The molecule has 0 aliphatic rings. The van der Waals surface area contributed by atoms with Crippen molar-refractivity contribution in [1.29, 1.82) is 0 Å². The number of likely N-dealkylation sites (N-methyl/N-ethyl adjacent to an activating group) is 1. The van der Waals surface area contributed by atoms with Gasteiger partial charge in [-0.05, 0) is 34.6 Å². The Hall–Kier alpha value is -2.15. The van der Waals surface area contributed by atoms with Crippen LogP contribution in [0, 0.1) is 27.7 Å². The Morgan fingerprint density at radius 2 is 2.04 bits per heavy atom. The van der Waals surface area contributed by atoms with E-state index in [1.807, 2.05) is 34.7 Å². The molecule has 1 atom stereocenters. The number of imidazole rings is 1. The van der Waals surface area contributed by atoms with Gasteiger partial charge in [0, 0.05) is 23.7 Å². The topological polar surface area (TPSA) is 63.6 Å². The van der Waals surface area contributed by atoms with Crippen LogP contribution >= 0.6 is 11.3 Å². The zero-order valence-corrected chi connectivity index (χ0v) is 15.7. The highest BCUT2D eigenvalue weighted by Crippen LogP contribution is 2.26. The van der Waals surface area contributed by atoms with E-state index < -0.39 is 0 Å². The van der Waals surface area contributed by atoms with Gasteiger partial charge in [-0.25, -0.2) is 4.98 Å². The minimum absolute atomic E-state index is 0.0469. The van der Waals surface area contributed by atoms with Crippen LogP contribution in [0.2, 0.25) is 0 Å². The van der Waals surface area contributed by atoms with E-state index in [-0.39, 0.29) is 11.8 Å². The molecule has 7 heteroatoms. The molecule has 0 saturated carbocycles. The van der Waals surface area contributed by atoms with Crippen molar-refractivity contribution in [3.63, 3.8) is 0 Å². The van der Waals surface area contributed by atoms with Crippen molar-refractivity contribution in [3.8, 4) is 0 Å². The molecule has 1 amide bonds. The summed E-state index contributed by atoms with van der Waals surface area (Å²) in [5.74, 6) is 0.470. The van der Waals surface area contributed by atoms with Gasteiger partial charge in [-0.3, -0.25) is 9.20 Å². The van der Waals surface area contributed by atoms with Gasteiger partial charge in [-0.2, -0.15) is 0 Å². The molecule has 24 heavy (non-hydrogen) atoms. The van der Waals surface area contributed by atoms with E-state index in [1.165, 1.54) is 4.88 Å². The van der Waals surface area contributed by atoms with Crippen molar-refractivity contribution >= 4 is 22.2 Å². The summed E-state index contributed by atoms with van der Waals surface area (Å²) in [6.07, 6.45) is 2.07. The third-order valence-corrected chi connectivity index (χ3v) is 5.29. The van der Waals surface area contributed by atoms with E-state index in [2.05, 4.69) is 27.7 Å². The van der Waals surface area contributed by atoms with Crippen LogP contribution in [0.3, 0.4) is 0 Å². The summed E-state index contributed by atoms with van der Waals surface area (Å²) >= 11 is 1.66. The largest absolute Gasteiger partial charge is 0.361 e. The lowest BCUT2D eigenvalue weighted by atomic mass is 9.98. The van der Waals surface area contributed by atoms with Gasteiger partial charge in [0.05, 0.1) is 29.5 Å². The number of aryl methyl sites for hydroxylation is 4. The molecule has 0 radical (unpaired) electrons. The molecule has 128 valence electrons. The van der Waals surface area contributed by atoms with Crippen molar-refractivity contribution in [2.75, 3.05) is 7.05 Å². The van der Waals surface area contributed by atoms with Crippen LogP contribution in [0.15, 0.2) is 10.7 Å². The van der Waals surface area contributed by atoms with Crippen LogP contribution in [-0.4, -0.2) is 32.4 Å². The number of carbonyl (C=O) groups is 1. The molecule has 0 aliphatic heterocycles. The van der Waals surface area contributed by atoms with Crippen LogP contribution in [0.1, 0.15) is 46.1 Å². The van der Waals surface area contributed by atoms with Gasteiger partial charge in [-0.1, -0.05) is 5.16 Å². The molecule has 0 unspecified atom stereocenters. The lowest BCUT2D eigenvalue weighted by Crippen LogP contribution is -2.31. The predicted molar refractivity (Wildman–Crippen MR) is 93.4 cm³/mol. The second-order valence-corrected chi connectivity index (χ2v) is 7.51. The molecule has 0 fully saturated rings. The van der Waals surface area contributed by atoms with E-state index in [0.717, 1.165) is 27.6 Å². The van der Waals surface area contributed by atoms with Crippen LogP contribution in [-0.2, 0) is 11.3 Å². The Bertz CT molecular complexity index is 886. The molecule has 0 saturated heterocycles. The van der Waals surface area contributed by atoms with E-state index in [1.54, 1.807) is 16.2 Å². The van der Waals surface area contributed by atoms with Crippen molar-refractivity contribution in [2.24, 2.45) is 0 Å². The molecule has 3 rings (SSSR count). The molecule has 0 aromatic carbocycles. The summed E-state index contributed by atoms with van der Waals surface area (Å²) in [7, 11) is 1.83. The Labute approximate surface area is 145 Å². The van der Waals surface area contributed by atoms with E-state index >= 15 is 0 Å². The van der Waals surface area contributed by atoms with Gasteiger partial charge >= 0.3 is 0 Å². The van der Waals surface area contributed by atoms with Gasteiger partial charge < -0.3 is 9.42 Å². The van der Waals surface area contributed by atoms with Crippen LogP contribution in [0.5, 0.6) is 0 Å². The number of aromatic nitrogens is 3. The summed E-state index contributed by atoms with van der Waals surface area (Å²) < 4.78 is 7.28. The fourth-order valence-corrected chi connectivity index (χ4v) is 4.05. The number of rotatable bonds is 4. The van der Waals surface area contributed by atoms with Gasteiger partial charge in [0.2, 0.25) is 5.91 Å². The van der Waals surface area contributed by atoms with Crippen molar-refractivity contribution in [2.45, 2.75) is 47.1 Å². The molecule has 0 bridgehead atoms. The van der Waals surface area contributed by atoms with Crippen molar-refractivity contribution in [1.82, 2.24) is 19.4 Å². The lowest BCUT2D eigenvalue weighted by Gasteiger charge is -2.21. The van der Waals surface area contributed by atoms with E-state index in [9.17, 15) is 4.79 Å². The smallest absolute Gasteiger partial charge is 0.230 e. The van der Waals surface area contributed by atoms with E-state index in [4.69, 9.17) is 4.52 Å². The van der Waals surface area contributed by atoms with Gasteiger partial charge in [0.15, 0.2) is 4.96 Å². The summed E-state index contributed by atoms with van der Waals surface area (Å²) in [5.41, 5.74) is 3.67. The Balaban J connectivity index is 1.84. The average Bonchev–Trinajstić information content (AvgIpc) is 3.12. The normalized spacial score (nSPS) is 12.8. The minimum atomic E-state index is -0.283. The highest BCUT2D eigenvalue weighted by molar-refractivity contribution is 7.17. The van der Waals surface area contributed by atoms with Gasteiger partial charge in [0.1, 0.15) is 5.76 Å². The average molecular weight is 346 g/mol. The molecule has 0 N–H and O–H groups in total. The minimum Gasteiger partial charge on any atom is -0.361 e. The number of hydrogen-bond donors (Lipinski definition) is 0. The number of carbonyl (C=O) groups excluding carboxylic acids is 1. The van der Waals surface area contributed by atoms with Crippen LogP contribution in [0.4, 0.5) is 0 Å². The summed E-state index contributed by atoms with van der Waals surface area (Å²) in [4.78, 5) is 21.4. The maximum Gasteiger partial charge on any atom is 0.230 e. The Kier molecular flexibility index (Phi) is 4.21. The number of amides is 1. The zero-order valence-electron chi connectivity index (χ0n) is 14.9. The maximum atomic E-state index is 12.9. The molecule has 3 aromatic heterocycles. The molecule has 0 spiro atoms. The SMILES string of the molecule is Cc1cn2c(CN(C)C(=O)[C@@H](C)c3c(C)noc3C)c(C)nc2s1. The maximum absolute atomic E-state index is 12.9. The number of nitrogens with zero attached hydrogens (tertiary/aromatic N) is 4. The van der Waals surface area contributed by atoms with Gasteiger partial charge in [-0.15, -0.1) is 11.3 Å². The highest BCUT2D eigenvalue weighted by Gasteiger charge is 2.26. The third-order valence-electron chi connectivity index (χ3n) is 4.40. The van der Waals surface area contributed by atoms with Crippen molar-refractivity contribution in [3.05, 3.63) is 39.5 Å². The fourth-order valence-electron chi connectivity index (χ4n) is 3.16. The predicted octanol–water partition coefficient (Wildman–Crippen LogP) is 3.38. The number of thiazole rings is 1. The quantitative estimate of drug-likeness (QED) is 0.726. The summed E-state index contributed by atoms with van der Waals surface area (Å²) in [6.45, 7) is 10.2. The Morgan fingerprint density at radius 3 is 2.67 bits per heavy atom. The molecule has 3 heterocycles. The third kappa shape index (κ3) is 2.73. The molecular formula is C17H22N4O2S. The molecule has 0 aliphatic carbocycles. The molecule has 3 aromatic rings. The first kappa shape index (κ1) is 16.7. The fraction of sp³-hybridized carbons (Fsp3) is 0.471. The van der Waals surface area contributed by atoms with Crippen molar-refractivity contribution < 1.29 is 9.32 Å². The first-order valence-electron chi connectivity index (χ1n) is 7.91. The number of fused-ring (bicyclic) bond motifs is 1. The Morgan fingerprint density at radius 1 is 1.33 bits per heavy atom. The monoisotopic (exact) mass is 346 g/mol. The molecule has 6 nitrogen and oxygen atoms in total. The first-order chi connectivity index (χ1) is 11.3. The van der Waals surface area contributed by atoms with Gasteiger partial charge in [0.25, 0.3) is 0 Å². The van der Waals surface area contributed by atoms with Crippen LogP contribution in [0.25, 0.3) is 4.96 Å². The summed E-state index contributed by atoms with van der Waals surface area (Å²) in [6, 6.07) is 0.